The Hall–Kier alpha value is -2.84. The fraction of sp³-hybridized carbons (Fsp3) is 0.500. The van der Waals surface area contributed by atoms with Crippen LogP contribution in [0.5, 0.6) is 0 Å². The Bertz CT molecular complexity index is 1670. The summed E-state index contributed by atoms with van der Waals surface area (Å²) in [4.78, 5) is 15.1. The number of hydrogen-bond donors (Lipinski definition) is 2. The van der Waals surface area contributed by atoms with Crippen LogP contribution in [0.1, 0.15) is 63.3 Å². The van der Waals surface area contributed by atoms with Gasteiger partial charge in [-0.25, -0.2) is 14.4 Å². The van der Waals surface area contributed by atoms with E-state index >= 15 is 0 Å². The molecule has 6 nitrogen and oxygen atoms in total. The van der Waals surface area contributed by atoms with E-state index in [1.807, 2.05) is 32.2 Å². The van der Waals surface area contributed by atoms with E-state index in [0.29, 0.717) is 40.1 Å². The first kappa shape index (κ1) is 29.8. The average Bonchev–Trinajstić information content (AvgIpc) is 3.73. The lowest BCUT2D eigenvalue weighted by Crippen LogP contribution is -2.53. The molecule has 0 amide bonds. The predicted molar refractivity (Wildman–Crippen MR) is 180 cm³/mol. The summed E-state index contributed by atoms with van der Waals surface area (Å²) in [5.41, 5.74) is 2.23. The molecule has 7 rings (SSSR count). The van der Waals surface area contributed by atoms with E-state index in [1.54, 1.807) is 0 Å². The highest BCUT2D eigenvalue weighted by molar-refractivity contribution is 6.37. The van der Waals surface area contributed by atoms with Crippen molar-refractivity contribution in [2.75, 3.05) is 38.1 Å². The zero-order valence-corrected chi connectivity index (χ0v) is 26.7. The molecule has 4 aliphatic heterocycles. The molecule has 8 heteroatoms. The van der Waals surface area contributed by atoms with Crippen molar-refractivity contribution in [3.63, 3.8) is 0 Å². The quantitative estimate of drug-likeness (QED) is 0.377. The molecule has 4 saturated heterocycles. The largest absolute Gasteiger partial charge is 0.353 e. The van der Waals surface area contributed by atoms with Crippen LogP contribution in [-0.2, 0) is 6.42 Å². The monoisotopic (exact) mass is 614 g/mol. The number of hydrogen-bond acceptors (Lipinski definition) is 6. The van der Waals surface area contributed by atoms with E-state index in [1.165, 1.54) is 32.2 Å². The second kappa shape index (κ2) is 12.5. The Morgan fingerprint density at radius 3 is 2.68 bits per heavy atom. The van der Waals surface area contributed by atoms with Gasteiger partial charge in [0.25, 0.3) is 0 Å². The van der Waals surface area contributed by atoms with E-state index in [-0.39, 0.29) is 5.54 Å². The summed E-state index contributed by atoms with van der Waals surface area (Å²) in [6.07, 6.45) is 11.5. The molecule has 5 heterocycles. The summed E-state index contributed by atoms with van der Waals surface area (Å²) in [7, 11) is 2.05. The molecule has 232 valence electrons. The van der Waals surface area contributed by atoms with Gasteiger partial charge in [0.2, 0.25) is 0 Å². The minimum Gasteiger partial charge on any atom is -0.353 e. The van der Waals surface area contributed by atoms with Gasteiger partial charge in [-0.05, 0) is 93.4 Å². The first-order valence-corrected chi connectivity index (χ1v) is 16.8. The number of piperazine rings is 1. The minimum absolute atomic E-state index is 0.213. The van der Waals surface area contributed by atoms with Crippen molar-refractivity contribution in [1.82, 2.24) is 25.5 Å². The van der Waals surface area contributed by atoms with Gasteiger partial charge < -0.3 is 15.5 Å². The standard InChI is InChI=1S/C36H44ClFN6/c1-24(29-10-5-8-25-7-3-4-9-30(25)29)32(37)19-31-33(20-38)41-34(42-35(31)43-22-26-11-12-27(23-43)40-26)14-17-36-15-6-18-44(36)28(13-16-36)21-39-2/h3-5,7-10,19-20,26-28,39-40H,6,11-18,21-23H2,1-2H3/b31-19+,32-24-,33-20-. The number of rotatable bonds is 8. The molecular weight excluding hydrogens is 571 g/mol. The molecule has 4 unspecified atom stereocenters. The second-order valence-electron chi connectivity index (χ2n) is 13.3. The normalized spacial score (nSPS) is 28.3. The summed E-state index contributed by atoms with van der Waals surface area (Å²) in [6, 6.07) is 16.0. The highest BCUT2D eigenvalue weighted by atomic mass is 35.5. The van der Waals surface area contributed by atoms with Crippen LogP contribution in [0, 0.1) is 0 Å². The third kappa shape index (κ3) is 5.57. The van der Waals surface area contributed by atoms with Gasteiger partial charge in [0.15, 0.2) is 0 Å². The van der Waals surface area contributed by atoms with Gasteiger partial charge in [0, 0.05) is 60.0 Å². The van der Waals surface area contributed by atoms with Gasteiger partial charge in [-0.2, -0.15) is 0 Å². The van der Waals surface area contributed by atoms with Gasteiger partial charge in [0.05, 0.1) is 0 Å². The maximum Gasteiger partial charge on any atom is 0.140 e. The van der Waals surface area contributed by atoms with Gasteiger partial charge >= 0.3 is 0 Å². The zero-order chi connectivity index (χ0) is 30.3. The van der Waals surface area contributed by atoms with Crippen LogP contribution < -0.4 is 26.1 Å². The van der Waals surface area contributed by atoms with Gasteiger partial charge in [-0.3, -0.25) is 4.90 Å². The fourth-order valence-corrected chi connectivity index (χ4v) is 8.77. The Balaban J connectivity index is 1.28. The van der Waals surface area contributed by atoms with Crippen LogP contribution in [0.2, 0.25) is 0 Å². The molecule has 4 fully saturated rings. The molecule has 0 spiro atoms. The van der Waals surface area contributed by atoms with Gasteiger partial charge in [-0.15, -0.1) is 0 Å². The number of halogens is 2. The summed E-state index contributed by atoms with van der Waals surface area (Å²) in [6.45, 7) is 5.94. The molecule has 2 aromatic carbocycles. The first-order chi connectivity index (χ1) is 21.5. The lowest BCUT2D eigenvalue weighted by Gasteiger charge is -2.35. The number of nitrogens with zero attached hydrogens (tertiary/aromatic N) is 4. The number of likely N-dealkylation sites (N-methyl/N-ethyl adjacent to an activating group) is 1. The molecule has 4 atom stereocenters. The first-order valence-electron chi connectivity index (χ1n) is 16.4. The van der Waals surface area contributed by atoms with Crippen LogP contribution in [-0.4, -0.2) is 71.8 Å². The lowest BCUT2D eigenvalue weighted by atomic mass is 9.88. The maximum absolute atomic E-state index is 14.8. The van der Waals surface area contributed by atoms with Crippen molar-refractivity contribution >= 4 is 46.2 Å². The molecule has 44 heavy (non-hydrogen) atoms. The molecule has 0 radical (unpaired) electrons. The van der Waals surface area contributed by atoms with Crippen molar-refractivity contribution in [2.45, 2.75) is 82.0 Å². The zero-order valence-electron chi connectivity index (χ0n) is 26.0. The number of fused-ring (bicyclic) bond motifs is 4. The van der Waals surface area contributed by atoms with Crippen molar-refractivity contribution in [3.8, 4) is 0 Å². The van der Waals surface area contributed by atoms with Gasteiger partial charge in [0.1, 0.15) is 23.3 Å². The number of nitrogens with one attached hydrogen (secondary N) is 2. The molecular formula is C36H44ClFN6. The number of aromatic nitrogens is 2. The molecule has 0 aliphatic carbocycles. The summed E-state index contributed by atoms with van der Waals surface area (Å²) in [5, 5.41) is 11.0. The SMILES string of the molecule is CNCC1CCC2(CCc3nc(N4CC5CCC(C4)N5)c(=C/C(Cl)=C(\C)c4cccc5ccccc45)/c(=C/F)n3)CCCN12. The second-order valence-corrected chi connectivity index (χ2v) is 13.7. The molecule has 0 saturated carbocycles. The Morgan fingerprint density at radius 2 is 1.89 bits per heavy atom. The third-order valence-electron chi connectivity index (χ3n) is 10.7. The highest BCUT2D eigenvalue weighted by Gasteiger charge is 2.48. The smallest absolute Gasteiger partial charge is 0.140 e. The van der Waals surface area contributed by atoms with Crippen LogP contribution in [0.15, 0.2) is 47.5 Å². The highest BCUT2D eigenvalue weighted by Crippen LogP contribution is 2.45. The van der Waals surface area contributed by atoms with Crippen molar-refractivity contribution in [1.29, 1.82) is 0 Å². The Morgan fingerprint density at radius 1 is 1.09 bits per heavy atom. The summed E-state index contributed by atoms with van der Waals surface area (Å²) in [5.74, 6) is 1.54. The average molecular weight is 615 g/mol. The topological polar surface area (TPSA) is 56.3 Å². The van der Waals surface area contributed by atoms with E-state index in [9.17, 15) is 4.39 Å². The van der Waals surface area contributed by atoms with E-state index in [0.717, 1.165) is 78.9 Å². The molecule has 1 aromatic heterocycles. The maximum atomic E-state index is 14.8. The number of benzene rings is 2. The molecule has 2 N–H and O–H groups in total. The van der Waals surface area contributed by atoms with Crippen LogP contribution in [0.4, 0.5) is 10.2 Å². The van der Waals surface area contributed by atoms with E-state index in [2.05, 4.69) is 50.8 Å². The Labute approximate surface area is 265 Å². The summed E-state index contributed by atoms with van der Waals surface area (Å²) >= 11 is 7.09. The van der Waals surface area contributed by atoms with Gasteiger partial charge in [-0.1, -0.05) is 54.1 Å². The lowest BCUT2D eigenvalue weighted by molar-refractivity contribution is 0.139. The van der Waals surface area contributed by atoms with Crippen molar-refractivity contribution in [2.24, 2.45) is 0 Å². The van der Waals surface area contributed by atoms with Crippen LogP contribution >= 0.6 is 11.6 Å². The van der Waals surface area contributed by atoms with Crippen LogP contribution in [0.25, 0.3) is 28.8 Å². The number of allylic oxidation sites excluding steroid dienone is 2. The van der Waals surface area contributed by atoms with Crippen molar-refractivity contribution < 1.29 is 4.39 Å². The predicted octanol–water partition coefficient (Wildman–Crippen LogP) is 4.88. The number of anilines is 1. The Kier molecular flexibility index (Phi) is 8.49. The molecule has 3 aromatic rings. The fourth-order valence-electron chi connectivity index (χ4n) is 8.56. The van der Waals surface area contributed by atoms with E-state index in [4.69, 9.17) is 21.6 Å². The van der Waals surface area contributed by atoms with Crippen molar-refractivity contribution in [3.05, 3.63) is 69.5 Å². The third-order valence-corrected chi connectivity index (χ3v) is 11.1. The molecule has 4 aliphatic rings. The number of aryl methyl sites for hydroxylation is 1. The molecule has 2 bridgehead atoms. The minimum atomic E-state index is 0.213. The summed E-state index contributed by atoms with van der Waals surface area (Å²) < 4.78 is 14.8. The van der Waals surface area contributed by atoms with E-state index < -0.39 is 0 Å². The van der Waals surface area contributed by atoms with Crippen LogP contribution in [0.3, 0.4) is 0 Å².